The van der Waals surface area contributed by atoms with E-state index < -0.39 is 0 Å². The molecule has 0 heterocycles. The molecule has 0 saturated heterocycles. The van der Waals surface area contributed by atoms with Gasteiger partial charge >= 0.3 is 0 Å². The third-order valence-electron chi connectivity index (χ3n) is 1.98. The van der Waals surface area contributed by atoms with E-state index in [-0.39, 0.29) is 0 Å². The fraction of sp³-hybridized carbons (Fsp3) is 0.500. The zero-order valence-corrected chi connectivity index (χ0v) is 8.99. The van der Waals surface area contributed by atoms with Gasteiger partial charge < -0.3 is 10.5 Å². The molecular formula is C12H19NO. The minimum atomic E-state index is 0.596. The van der Waals surface area contributed by atoms with E-state index in [2.05, 4.69) is 26.0 Å². The van der Waals surface area contributed by atoms with Crippen molar-refractivity contribution in [3.63, 3.8) is 0 Å². The smallest absolute Gasteiger partial charge is 0.0717 e. The molecule has 0 aromatic heterocycles. The van der Waals surface area contributed by atoms with Crippen LogP contribution < -0.4 is 5.73 Å². The van der Waals surface area contributed by atoms with Crippen LogP contribution in [-0.4, -0.2) is 6.61 Å². The molecule has 78 valence electrons. The lowest BCUT2D eigenvalue weighted by molar-refractivity contribution is 0.0971. The Hall–Kier alpha value is -0.860. The lowest BCUT2D eigenvalue weighted by Gasteiger charge is -2.07. The van der Waals surface area contributed by atoms with Crippen LogP contribution in [0, 0.1) is 5.92 Å². The van der Waals surface area contributed by atoms with Crippen LogP contribution in [0.5, 0.6) is 0 Å². The summed E-state index contributed by atoms with van der Waals surface area (Å²) in [4.78, 5) is 0. The van der Waals surface area contributed by atoms with Crippen molar-refractivity contribution < 1.29 is 4.74 Å². The second kappa shape index (κ2) is 5.78. The molecule has 0 aliphatic carbocycles. The van der Waals surface area contributed by atoms with Crippen molar-refractivity contribution in [1.29, 1.82) is 0 Å². The highest BCUT2D eigenvalue weighted by atomic mass is 16.5. The number of hydrogen-bond acceptors (Lipinski definition) is 2. The SMILES string of the molecule is CC(C)COCc1ccc(CN)cc1. The number of hydrogen-bond donors (Lipinski definition) is 1. The summed E-state index contributed by atoms with van der Waals surface area (Å²) in [6, 6.07) is 8.24. The predicted octanol–water partition coefficient (Wildman–Crippen LogP) is 2.32. The molecule has 2 heteroatoms. The van der Waals surface area contributed by atoms with E-state index in [0.717, 1.165) is 12.2 Å². The van der Waals surface area contributed by atoms with E-state index in [9.17, 15) is 0 Å². The summed E-state index contributed by atoms with van der Waals surface area (Å²) in [6.07, 6.45) is 0. The lowest BCUT2D eigenvalue weighted by Crippen LogP contribution is -2.02. The van der Waals surface area contributed by atoms with E-state index in [0.29, 0.717) is 19.1 Å². The molecule has 0 fully saturated rings. The van der Waals surface area contributed by atoms with Gasteiger partial charge in [-0.15, -0.1) is 0 Å². The van der Waals surface area contributed by atoms with Crippen molar-refractivity contribution in [3.8, 4) is 0 Å². The molecule has 0 spiro atoms. The van der Waals surface area contributed by atoms with Crippen molar-refractivity contribution in [1.82, 2.24) is 0 Å². The highest BCUT2D eigenvalue weighted by Crippen LogP contribution is 2.06. The van der Waals surface area contributed by atoms with Gasteiger partial charge in [-0.1, -0.05) is 38.1 Å². The molecule has 1 aromatic rings. The molecule has 14 heavy (non-hydrogen) atoms. The predicted molar refractivity (Wildman–Crippen MR) is 58.8 cm³/mol. The Morgan fingerprint density at radius 1 is 1.14 bits per heavy atom. The van der Waals surface area contributed by atoms with Gasteiger partial charge in [-0.05, 0) is 17.0 Å². The fourth-order valence-electron chi connectivity index (χ4n) is 1.18. The number of rotatable bonds is 5. The van der Waals surface area contributed by atoms with E-state index >= 15 is 0 Å². The highest BCUT2D eigenvalue weighted by Gasteiger charge is 1.96. The average Bonchev–Trinajstić information content (AvgIpc) is 2.18. The second-order valence-corrected chi connectivity index (χ2v) is 3.93. The number of benzene rings is 1. The van der Waals surface area contributed by atoms with Crippen LogP contribution in [0.25, 0.3) is 0 Å². The summed E-state index contributed by atoms with van der Waals surface area (Å²) >= 11 is 0. The molecule has 1 rings (SSSR count). The van der Waals surface area contributed by atoms with Crippen molar-refractivity contribution >= 4 is 0 Å². The zero-order chi connectivity index (χ0) is 10.4. The molecule has 0 unspecified atom stereocenters. The summed E-state index contributed by atoms with van der Waals surface area (Å²) < 4.78 is 5.52. The summed E-state index contributed by atoms with van der Waals surface area (Å²) in [6.45, 7) is 6.42. The first kappa shape index (κ1) is 11.2. The third-order valence-corrected chi connectivity index (χ3v) is 1.98. The average molecular weight is 193 g/mol. The Kier molecular flexibility index (Phi) is 4.63. The van der Waals surface area contributed by atoms with Crippen LogP contribution in [0.15, 0.2) is 24.3 Å². The molecule has 0 amide bonds. The Morgan fingerprint density at radius 2 is 1.71 bits per heavy atom. The molecule has 0 aliphatic rings. The highest BCUT2D eigenvalue weighted by molar-refractivity contribution is 5.21. The first-order valence-corrected chi connectivity index (χ1v) is 5.08. The minimum absolute atomic E-state index is 0.596. The maximum Gasteiger partial charge on any atom is 0.0717 e. The zero-order valence-electron chi connectivity index (χ0n) is 8.99. The topological polar surface area (TPSA) is 35.2 Å². The van der Waals surface area contributed by atoms with E-state index in [1.165, 1.54) is 5.56 Å². The van der Waals surface area contributed by atoms with Crippen molar-refractivity contribution in [2.45, 2.75) is 27.0 Å². The van der Waals surface area contributed by atoms with E-state index in [4.69, 9.17) is 10.5 Å². The van der Waals surface area contributed by atoms with Gasteiger partial charge in [0.25, 0.3) is 0 Å². The summed E-state index contributed by atoms with van der Waals surface area (Å²) in [5, 5.41) is 0. The Balaban J connectivity index is 2.36. The second-order valence-electron chi connectivity index (χ2n) is 3.93. The molecule has 0 saturated carbocycles. The number of nitrogens with two attached hydrogens (primary N) is 1. The largest absolute Gasteiger partial charge is 0.377 e. The van der Waals surface area contributed by atoms with E-state index in [1.807, 2.05) is 12.1 Å². The quantitative estimate of drug-likeness (QED) is 0.779. The molecule has 2 nitrogen and oxygen atoms in total. The first-order chi connectivity index (χ1) is 6.72. The van der Waals surface area contributed by atoms with Crippen molar-refractivity contribution in [3.05, 3.63) is 35.4 Å². The molecular weight excluding hydrogens is 174 g/mol. The molecule has 1 aromatic carbocycles. The monoisotopic (exact) mass is 193 g/mol. The fourth-order valence-corrected chi connectivity index (χ4v) is 1.18. The Morgan fingerprint density at radius 3 is 2.21 bits per heavy atom. The lowest BCUT2D eigenvalue weighted by atomic mass is 10.1. The van der Waals surface area contributed by atoms with Crippen LogP contribution in [0.3, 0.4) is 0 Å². The van der Waals surface area contributed by atoms with Gasteiger partial charge in [0.2, 0.25) is 0 Å². The van der Waals surface area contributed by atoms with Gasteiger partial charge in [0.05, 0.1) is 6.61 Å². The van der Waals surface area contributed by atoms with Crippen molar-refractivity contribution in [2.75, 3.05) is 6.61 Å². The summed E-state index contributed by atoms with van der Waals surface area (Å²) in [5.74, 6) is 0.596. The van der Waals surface area contributed by atoms with Gasteiger partial charge in [0.15, 0.2) is 0 Å². The van der Waals surface area contributed by atoms with Crippen LogP contribution >= 0.6 is 0 Å². The van der Waals surface area contributed by atoms with Gasteiger partial charge in [-0.2, -0.15) is 0 Å². The third kappa shape index (κ3) is 3.90. The van der Waals surface area contributed by atoms with Gasteiger partial charge in [-0.25, -0.2) is 0 Å². The van der Waals surface area contributed by atoms with Crippen molar-refractivity contribution in [2.24, 2.45) is 11.7 Å². The molecule has 0 radical (unpaired) electrons. The Labute approximate surface area is 86.1 Å². The van der Waals surface area contributed by atoms with Crippen LogP contribution in [-0.2, 0) is 17.9 Å². The first-order valence-electron chi connectivity index (χ1n) is 5.08. The molecule has 0 bridgehead atoms. The van der Waals surface area contributed by atoms with Gasteiger partial charge in [0, 0.05) is 13.2 Å². The maximum atomic E-state index is 5.52. The summed E-state index contributed by atoms with van der Waals surface area (Å²) in [5.41, 5.74) is 7.88. The summed E-state index contributed by atoms with van der Waals surface area (Å²) in [7, 11) is 0. The van der Waals surface area contributed by atoms with Gasteiger partial charge in [-0.3, -0.25) is 0 Å². The Bertz CT molecular complexity index is 254. The van der Waals surface area contributed by atoms with Crippen LogP contribution in [0.2, 0.25) is 0 Å². The molecule has 0 atom stereocenters. The van der Waals surface area contributed by atoms with Crippen LogP contribution in [0.1, 0.15) is 25.0 Å². The molecule has 0 aliphatic heterocycles. The minimum Gasteiger partial charge on any atom is -0.377 e. The van der Waals surface area contributed by atoms with E-state index in [1.54, 1.807) is 0 Å². The standard InChI is InChI=1S/C12H19NO/c1-10(2)8-14-9-12-5-3-11(7-13)4-6-12/h3-6,10H,7-9,13H2,1-2H3. The normalized spacial score (nSPS) is 10.9. The maximum absolute atomic E-state index is 5.52. The van der Waals surface area contributed by atoms with Gasteiger partial charge in [0.1, 0.15) is 0 Å². The number of ether oxygens (including phenoxy) is 1. The molecule has 2 N–H and O–H groups in total. The van der Waals surface area contributed by atoms with Crippen LogP contribution in [0.4, 0.5) is 0 Å².